The lowest BCUT2D eigenvalue weighted by Crippen LogP contribution is -2.59. The highest BCUT2D eigenvalue weighted by atomic mass is 16.6. The predicted molar refractivity (Wildman–Crippen MR) is 101 cm³/mol. The molecule has 6 rings (SSSR count). The molecule has 5 bridgehead atoms. The average molecular weight is 370 g/mol. The fourth-order valence-corrected chi connectivity index (χ4v) is 5.99. The van der Waals surface area contributed by atoms with Crippen LogP contribution >= 0.6 is 0 Å². The minimum atomic E-state index is -0.652. The monoisotopic (exact) mass is 370 g/mol. The van der Waals surface area contributed by atoms with Crippen LogP contribution in [-0.4, -0.2) is 50.3 Å². The average Bonchev–Trinajstić information content (AvgIpc) is 2.83. The van der Waals surface area contributed by atoms with Gasteiger partial charge < -0.3 is 14.4 Å². The molecule has 4 aliphatic heterocycles. The van der Waals surface area contributed by atoms with Crippen molar-refractivity contribution < 1.29 is 19.1 Å². The summed E-state index contributed by atoms with van der Waals surface area (Å²) in [6, 6.07) is 6.09. The highest BCUT2D eigenvalue weighted by Crippen LogP contribution is 2.59. The van der Waals surface area contributed by atoms with Gasteiger partial charge in [0.2, 0.25) is 5.91 Å². The van der Waals surface area contributed by atoms with Crippen molar-refractivity contribution in [1.82, 2.24) is 4.90 Å². The molecular formula is C21H26N2O4. The Morgan fingerprint density at radius 1 is 1.37 bits per heavy atom. The van der Waals surface area contributed by atoms with Gasteiger partial charge in [0.15, 0.2) is 0 Å². The molecule has 6 heteroatoms. The maximum atomic E-state index is 13.8. The van der Waals surface area contributed by atoms with E-state index in [0.717, 1.165) is 43.0 Å². The summed E-state index contributed by atoms with van der Waals surface area (Å²) in [6.07, 6.45) is 3.83. The summed E-state index contributed by atoms with van der Waals surface area (Å²) in [5.74, 6) is 1.87. The number of carbonyl (C=O) groups excluding carboxylic acids is 1. The molecule has 0 aromatic heterocycles. The summed E-state index contributed by atoms with van der Waals surface area (Å²) in [4.78, 5) is 21.1. The summed E-state index contributed by atoms with van der Waals surface area (Å²) >= 11 is 0. The van der Waals surface area contributed by atoms with Crippen LogP contribution in [0.1, 0.15) is 25.3 Å². The van der Waals surface area contributed by atoms with E-state index in [0.29, 0.717) is 11.8 Å². The van der Waals surface area contributed by atoms with Crippen LogP contribution in [-0.2, 0) is 19.8 Å². The predicted octanol–water partition coefficient (Wildman–Crippen LogP) is 2.50. The molecule has 0 radical (unpaired) electrons. The lowest BCUT2D eigenvalue weighted by molar-refractivity contribution is -0.154. The number of hydrogen-bond donors (Lipinski definition) is 1. The van der Waals surface area contributed by atoms with Crippen LogP contribution in [0.15, 0.2) is 29.8 Å². The molecule has 1 aromatic rings. The molecular weight excluding hydrogens is 344 g/mol. The Balaban J connectivity index is 1.68. The third kappa shape index (κ3) is 2.11. The largest absolute Gasteiger partial charge is 0.497 e. The van der Waals surface area contributed by atoms with Gasteiger partial charge >= 0.3 is 0 Å². The zero-order valence-corrected chi connectivity index (χ0v) is 16.0. The zero-order valence-electron chi connectivity index (χ0n) is 16.0. The molecule has 1 aliphatic carbocycles. The van der Waals surface area contributed by atoms with Crippen molar-refractivity contribution in [3.8, 4) is 5.75 Å². The van der Waals surface area contributed by atoms with E-state index in [1.165, 1.54) is 5.57 Å². The van der Waals surface area contributed by atoms with Gasteiger partial charge in [-0.05, 0) is 37.3 Å². The number of carbonyl (C=O) groups is 1. The topological polar surface area (TPSA) is 60.0 Å². The quantitative estimate of drug-likeness (QED) is 0.652. The van der Waals surface area contributed by atoms with Crippen LogP contribution in [0, 0.1) is 11.8 Å². The van der Waals surface area contributed by atoms with Gasteiger partial charge in [0.25, 0.3) is 0 Å². The van der Waals surface area contributed by atoms with E-state index in [2.05, 4.69) is 23.4 Å². The van der Waals surface area contributed by atoms with E-state index in [-0.39, 0.29) is 18.1 Å². The van der Waals surface area contributed by atoms with Crippen LogP contribution in [0.5, 0.6) is 5.75 Å². The first kappa shape index (κ1) is 17.1. The molecule has 1 N–H and O–H groups in total. The number of nitrogens with zero attached hydrogens (tertiary/aromatic N) is 1. The van der Waals surface area contributed by atoms with Crippen molar-refractivity contribution in [3.63, 3.8) is 0 Å². The van der Waals surface area contributed by atoms with Crippen molar-refractivity contribution in [3.05, 3.63) is 35.4 Å². The molecule has 0 unspecified atom stereocenters. The number of anilines is 1. The molecule has 1 amide bonds. The number of piperidine rings is 1. The van der Waals surface area contributed by atoms with Crippen LogP contribution < -0.4 is 10.2 Å². The zero-order chi connectivity index (χ0) is 18.8. The van der Waals surface area contributed by atoms with Crippen molar-refractivity contribution in [2.24, 2.45) is 11.8 Å². The van der Waals surface area contributed by atoms with Gasteiger partial charge in [0.1, 0.15) is 11.2 Å². The molecule has 4 saturated heterocycles. The first-order valence-electron chi connectivity index (χ1n) is 9.69. The SMILES string of the molecule is CC=C1CN2C(=O)[C@]3(c4ccc(OC)cc4NOC)C[C@H]2[C@H]2CO[C@@H]3C[C@@H]12. The summed E-state index contributed by atoms with van der Waals surface area (Å²) in [7, 11) is 3.22. The highest BCUT2D eigenvalue weighted by molar-refractivity contribution is 5.94. The Labute approximate surface area is 159 Å². The number of fused-ring (bicyclic) bond motifs is 1. The maximum absolute atomic E-state index is 13.8. The minimum Gasteiger partial charge on any atom is -0.497 e. The summed E-state index contributed by atoms with van der Waals surface area (Å²) in [5.41, 5.74) is 5.46. The molecule has 27 heavy (non-hydrogen) atoms. The molecule has 144 valence electrons. The van der Waals surface area contributed by atoms with Crippen LogP contribution in [0.3, 0.4) is 0 Å². The lowest BCUT2D eigenvalue weighted by Gasteiger charge is -2.50. The number of methoxy groups -OCH3 is 1. The Bertz CT molecular complexity index is 822. The van der Waals surface area contributed by atoms with Gasteiger partial charge in [-0.25, -0.2) is 0 Å². The number of nitrogens with one attached hydrogen (secondary N) is 1. The smallest absolute Gasteiger partial charge is 0.236 e. The third-order valence-corrected chi connectivity index (χ3v) is 7.21. The molecule has 5 atom stereocenters. The Morgan fingerprint density at radius 3 is 2.96 bits per heavy atom. The second-order valence-corrected chi connectivity index (χ2v) is 8.09. The van der Waals surface area contributed by atoms with E-state index >= 15 is 0 Å². The molecule has 5 aliphatic rings. The summed E-state index contributed by atoms with van der Waals surface area (Å²) < 4.78 is 11.7. The highest BCUT2D eigenvalue weighted by Gasteiger charge is 2.67. The fraction of sp³-hybridized carbons (Fsp3) is 0.571. The van der Waals surface area contributed by atoms with Crippen molar-refractivity contribution in [2.45, 2.75) is 37.3 Å². The third-order valence-electron chi connectivity index (χ3n) is 7.21. The van der Waals surface area contributed by atoms with Crippen molar-refractivity contribution in [1.29, 1.82) is 0 Å². The Hall–Kier alpha value is -2.05. The van der Waals surface area contributed by atoms with Gasteiger partial charge in [-0.3, -0.25) is 15.1 Å². The Morgan fingerprint density at radius 2 is 2.22 bits per heavy atom. The van der Waals surface area contributed by atoms with Gasteiger partial charge in [0, 0.05) is 24.6 Å². The van der Waals surface area contributed by atoms with Crippen LogP contribution in [0.2, 0.25) is 0 Å². The number of ether oxygens (including phenoxy) is 2. The minimum absolute atomic E-state index is 0.109. The standard InChI is InChI=1S/C21H26N2O4/c1-4-12-10-23-18-9-21(20(23)24,19-8-14(12)15(18)11-27-19)16-6-5-13(25-2)7-17(16)22-26-3/h4-7,14-15,18-19,22H,8-11H2,1-3H3/t14-,15-,18-,19+,21-/m0/s1. The number of rotatable bonds is 4. The van der Waals surface area contributed by atoms with Crippen molar-refractivity contribution >= 4 is 11.6 Å². The molecule has 1 aromatic carbocycles. The second-order valence-electron chi connectivity index (χ2n) is 8.09. The molecule has 0 spiro atoms. The van der Waals surface area contributed by atoms with E-state index < -0.39 is 5.41 Å². The first-order valence-corrected chi connectivity index (χ1v) is 9.69. The second kappa shape index (κ2) is 5.97. The van der Waals surface area contributed by atoms with E-state index in [4.69, 9.17) is 14.3 Å². The van der Waals surface area contributed by atoms with Crippen LogP contribution in [0.4, 0.5) is 5.69 Å². The molecule has 4 heterocycles. The fourth-order valence-electron chi connectivity index (χ4n) is 5.99. The van der Waals surface area contributed by atoms with Gasteiger partial charge in [-0.1, -0.05) is 17.7 Å². The van der Waals surface area contributed by atoms with E-state index in [9.17, 15) is 4.79 Å². The van der Waals surface area contributed by atoms with Gasteiger partial charge in [-0.15, -0.1) is 0 Å². The molecule has 5 fully saturated rings. The van der Waals surface area contributed by atoms with E-state index in [1.54, 1.807) is 14.2 Å². The number of hydrogen-bond acceptors (Lipinski definition) is 5. The maximum Gasteiger partial charge on any atom is 0.236 e. The Kier molecular flexibility index (Phi) is 3.78. The van der Waals surface area contributed by atoms with Gasteiger partial charge in [-0.2, -0.15) is 0 Å². The van der Waals surface area contributed by atoms with E-state index in [1.807, 2.05) is 18.2 Å². The number of amides is 1. The summed E-state index contributed by atoms with van der Waals surface area (Å²) in [6.45, 7) is 3.60. The summed E-state index contributed by atoms with van der Waals surface area (Å²) in [5, 5.41) is 0. The van der Waals surface area contributed by atoms with Crippen LogP contribution in [0.25, 0.3) is 0 Å². The van der Waals surface area contributed by atoms with Gasteiger partial charge in [0.05, 0.1) is 32.6 Å². The normalized spacial score (nSPS) is 37.8. The number of benzene rings is 1. The molecule has 6 nitrogen and oxygen atoms in total. The first-order chi connectivity index (χ1) is 13.1. The number of allylic oxidation sites excluding steroid dienone is 1. The van der Waals surface area contributed by atoms with Crippen molar-refractivity contribution in [2.75, 3.05) is 32.9 Å². The molecule has 1 saturated carbocycles. The lowest BCUT2D eigenvalue weighted by atomic mass is 9.69.